The van der Waals surface area contributed by atoms with Gasteiger partial charge in [0.15, 0.2) is 11.2 Å². The van der Waals surface area contributed by atoms with E-state index < -0.39 is 11.6 Å². The molecule has 1 aliphatic heterocycles. The molecule has 1 fully saturated rings. The zero-order valence-corrected chi connectivity index (χ0v) is 17.5. The molecule has 1 saturated heterocycles. The van der Waals surface area contributed by atoms with Crippen LogP contribution in [0.15, 0.2) is 6.33 Å². The Hall–Kier alpha value is -2.91. The summed E-state index contributed by atoms with van der Waals surface area (Å²) >= 11 is 0. The lowest BCUT2D eigenvalue weighted by Crippen LogP contribution is -2.36. The zero-order valence-electron chi connectivity index (χ0n) is 17.5. The first-order valence-corrected chi connectivity index (χ1v) is 9.76. The number of ether oxygens (including phenoxy) is 3. The lowest BCUT2D eigenvalue weighted by atomic mass is 10.2. The number of imidazole rings is 1. The van der Waals surface area contributed by atoms with Gasteiger partial charge in [0.2, 0.25) is 11.7 Å². The van der Waals surface area contributed by atoms with E-state index in [1.54, 1.807) is 16.4 Å². The van der Waals surface area contributed by atoms with Crippen LogP contribution in [0.1, 0.15) is 51.7 Å². The van der Waals surface area contributed by atoms with Crippen molar-refractivity contribution in [1.29, 1.82) is 0 Å². The highest BCUT2D eigenvalue weighted by Crippen LogP contribution is 2.26. The molecule has 3 heterocycles. The Kier molecular flexibility index (Phi) is 5.90. The average molecular weight is 405 g/mol. The van der Waals surface area contributed by atoms with Gasteiger partial charge in [-0.3, -0.25) is 0 Å². The quantitative estimate of drug-likeness (QED) is 0.698. The lowest BCUT2D eigenvalue weighted by molar-refractivity contribution is 0.0274. The van der Waals surface area contributed by atoms with Crippen molar-refractivity contribution >= 4 is 23.2 Å². The van der Waals surface area contributed by atoms with Crippen LogP contribution in [0, 0.1) is 0 Å². The Morgan fingerprint density at radius 1 is 1.24 bits per heavy atom. The van der Waals surface area contributed by atoms with Crippen LogP contribution in [0.3, 0.4) is 0 Å². The van der Waals surface area contributed by atoms with Gasteiger partial charge in [0.05, 0.1) is 13.2 Å². The summed E-state index contributed by atoms with van der Waals surface area (Å²) in [6, 6.07) is 0. The second-order valence-electron chi connectivity index (χ2n) is 7.71. The zero-order chi connectivity index (χ0) is 21.2. The first-order valence-electron chi connectivity index (χ1n) is 9.76. The molecule has 10 nitrogen and oxygen atoms in total. The summed E-state index contributed by atoms with van der Waals surface area (Å²) in [5.41, 5.74) is 0.348. The first-order chi connectivity index (χ1) is 13.7. The largest absolute Gasteiger partial charge is 0.471 e. The van der Waals surface area contributed by atoms with Crippen LogP contribution in [0.4, 0.5) is 4.79 Å². The van der Waals surface area contributed by atoms with Gasteiger partial charge in [0.1, 0.15) is 18.0 Å². The van der Waals surface area contributed by atoms with Crippen molar-refractivity contribution in [2.45, 2.75) is 59.3 Å². The van der Waals surface area contributed by atoms with E-state index in [1.165, 1.54) is 6.33 Å². The smallest absolute Gasteiger partial charge is 0.410 e. The second-order valence-corrected chi connectivity index (χ2v) is 7.71. The van der Waals surface area contributed by atoms with Crippen molar-refractivity contribution in [1.82, 2.24) is 24.4 Å². The van der Waals surface area contributed by atoms with Gasteiger partial charge in [-0.1, -0.05) is 0 Å². The van der Waals surface area contributed by atoms with E-state index in [0.717, 1.165) is 0 Å². The lowest BCUT2D eigenvalue weighted by Gasteiger charge is -2.24. The van der Waals surface area contributed by atoms with Gasteiger partial charge < -0.3 is 23.7 Å². The topological polar surface area (TPSA) is 109 Å². The molecule has 0 spiro atoms. The Morgan fingerprint density at radius 2 is 2.00 bits per heavy atom. The van der Waals surface area contributed by atoms with Crippen molar-refractivity contribution in [2.24, 2.45) is 0 Å². The molecule has 158 valence electrons. The molecule has 1 atom stereocenters. The molecule has 0 aromatic carbocycles. The van der Waals surface area contributed by atoms with Crippen LogP contribution in [0.5, 0.6) is 5.88 Å². The normalized spacial score (nSPS) is 16.9. The van der Waals surface area contributed by atoms with Crippen LogP contribution in [0.25, 0.3) is 11.2 Å². The molecular weight excluding hydrogens is 378 g/mol. The van der Waals surface area contributed by atoms with Gasteiger partial charge in [0.25, 0.3) is 0 Å². The number of aromatic nitrogens is 4. The maximum absolute atomic E-state index is 12.3. The van der Waals surface area contributed by atoms with Crippen molar-refractivity contribution in [2.75, 3.05) is 19.7 Å². The summed E-state index contributed by atoms with van der Waals surface area (Å²) in [6.45, 7) is 10.8. The van der Waals surface area contributed by atoms with Crippen LogP contribution in [-0.4, -0.2) is 67.9 Å². The molecule has 1 amide bonds. The molecule has 10 heteroatoms. The van der Waals surface area contributed by atoms with E-state index >= 15 is 0 Å². The summed E-state index contributed by atoms with van der Waals surface area (Å²) in [5.74, 6) is -0.0736. The van der Waals surface area contributed by atoms with Gasteiger partial charge in [-0.25, -0.2) is 19.6 Å². The molecule has 0 saturated carbocycles. The molecule has 0 N–H and O–H groups in total. The highest BCUT2D eigenvalue weighted by atomic mass is 16.6. The Balaban J connectivity index is 1.79. The van der Waals surface area contributed by atoms with Gasteiger partial charge in [-0.05, 0) is 34.6 Å². The summed E-state index contributed by atoms with van der Waals surface area (Å²) in [6.07, 6.45) is 1.40. The number of likely N-dealkylation sites (tertiary alicyclic amines) is 1. The maximum Gasteiger partial charge on any atom is 0.410 e. The van der Waals surface area contributed by atoms with Gasteiger partial charge in [0, 0.05) is 19.5 Å². The molecular formula is C19H27N5O5. The van der Waals surface area contributed by atoms with E-state index in [0.29, 0.717) is 37.2 Å². The fourth-order valence-corrected chi connectivity index (χ4v) is 3.13. The van der Waals surface area contributed by atoms with E-state index in [9.17, 15) is 9.59 Å². The number of carbonyl (C=O) groups is 2. The predicted molar refractivity (Wildman–Crippen MR) is 104 cm³/mol. The van der Waals surface area contributed by atoms with E-state index in [2.05, 4.69) is 15.0 Å². The highest BCUT2D eigenvalue weighted by Gasteiger charge is 2.32. The Morgan fingerprint density at radius 3 is 2.66 bits per heavy atom. The third-order valence-electron chi connectivity index (χ3n) is 4.35. The number of rotatable bonds is 5. The van der Waals surface area contributed by atoms with Crippen LogP contribution in [0.2, 0.25) is 0 Å². The number of aryl methyl sites for hydroxylation is 1. The number of nitrogens with zero attached hydrogens (tertiary/aromatic N) is 5. The van der Waals surface area contributed by atoms with E-state index in [1.807, 2.05) is 27.7 Å². The minimum atomic E-state index is -0.550. The SMILES string of the molecule is CCOC(=O)c1nc2c(O[C@H]3CCN(C(=O)OC(C)(C)C)C3)ncnc2n1CC. The fraction of sp³-hybridized carbons (Fsp3) is 0.632. The average Bonchev–Trinajstić information content (AvgIpc) is 3.25. The number of carbonyl (C=O) groups excluding carboxylic acids is 2. The third-order valence-corrected chi connectivity index (χ3v) is 4.35. The monoisotopic (exact) mass is 405 g/mol. The minimum absolute atomic E-state index is 0.163. The van der Waals surface area contributed by atoms with Crippen LogP contribution >= 0.6 is 0 Å². The third kappa shape index (κ3) is 4.57. The number of hydrogen-bond acceptors (Lipinski definition) is 8. The molecule has 0 radical (unpaired) electrons. The van der Waals surface area contributed by atoms with Crippen molar-refractivity contribution in [3.63, 3.8) is 0 Å². The second kappa shape index (κ2) is 8.22. The first kappa shape index (κ1) is 20.8. The number of hydrogen-bond donors (Lipinski definition) is 0. The molecule has 2 aromatic heterocycles. The summed E-state index contributed by atoms with van der Waals surface area (Å²) in [4.78, 5) is 38.9. The van der Waals surface area contributed by atoms with Gasteiger partial charge in [-0.15, -0.1) is 0 Å². The molecule has 0 bridgehead atoms. The standard InChI is InChI=1S/C19H27N5O5/c1-6-24-14-13(22-15(24)17(25)27-7-2)16(21-11-20-14)28-12-8-9-23(10-12)18(26)29-19(3,4)5/h11-12H,6-10H2,1-5H3/t12-/m0/s1. The molecule has 2 aromatic rings. The minimum Gasteiger partial charge on any atom is -0.471 e. The number of amides is 1. The number of fused-ring (bicyclic) bond motifs is 1. The van der Waals surface area contributed by atoms with Crippen molar-refractivity contribution in [3.05, 3.63) is 12.2 Å². The molecule has 0 aliphatic carbocycles. The van der Waals surface area contributed by atoms with Gasteiger partial charge >= 0.3 is 12.1 Å². The van der Waals surface area contributed by atoms with Crippen molar-refractivity contribution in [3.8, 4) is 5.88 Å². The summed E-state index contributed by atoms with van der Waals surface area (Å²) in [7, 11) is 0. The molecule has 29 heavy (non-hydrogen) atoms. The van der Waals surface area contributed by atoms with Gasteiger partial charge in [-0.2, -0.15) is 4.98 Å². The van der Waals surface area contributed by atoms with Crippen molar-refractivity contribution < 1.29 is 23.8 Å². The summed E-state index contributed by atoms with van der Waals surface area (Å²) < 4.78 is 18.2. The fourth-order valence-electron chi connectivity index (χ4n) is 3.13. The molecule has 3 rings (SSSR count). The number of esters is 1. The van der Waals surface area contributed by atoms with Crippen LogP contribution in [-0.2, 0) is 16.0 Å². The van der Waals surface area contributed by atoms with Crippen LogP contribution < -0.4 is 4.74 Å². The summed E-state index contributed by atoms with van der Waals surface area (Å²) in [5, 5.41) is 0. The molecule has 1 aliphatic rings. The highest BCUT2D eigenvalue weighted by molar-refractivity contribution is 5.91. The van der Waals surface area contributed by atoms with E-state index in [4.69, 9.17) is 14.2 Å². The predicted octanol–water partition coefficient (Wildman–Crippen LogP) is 2.41. The maximum atomic E-state index is 12.3. The Labute approximate surface area is 169 Å². The molecule has 0 unspecified atom stereocenters. The van der Waals surface area contributed by atoms with E-state index in [-0.39, 0.29) is 30.5 Å². The Bertz CT molecular complexity index is 904.